The Morgan fingerprint density at radius 1 is 0.846 bits per heavy atom. The zero-order valence-corrected chi connectivity index (χ0v) is 21.7. The number of ether oxygens (including phenoxy) is 1. The predicted octanol–water partition coefficient (Wildman–Crippen LogP) is 4.66. The first-order chi connectivity index (χ1) is 11.7. The normalized spacial score (nSPS) is 17.0. The maximum absolute atomic E-state index is 11.8. The highest BCUT2D eigenvalue weighted by Gasteiger charge is 2.38. The van der Waals surface area contributed by atoms with Crippen molar-refractivity contribution >= 4 is 31.2 Å². The van der Waals surface area contributed by atoms with Gasteiger partial charge in [-0.05, 0) is 65.3 Å². The Morgan fingerprint density at radius 2 is 1.38 bits per heavy atom. The van der Waals surface area contributed by atoms with E-state index >= 15 is 0 Å². The molecule has 0 aromatic heterocycles. The van der Waals surface area contributed by atoms with Gasteiger partial charge in [-0.15, -0.1) is 0 Å². The Hall–Kier alpha value is 0.161. The van der Waals surface area contributed by atoms with Gasteiger partial charge in [-0.3, -0.25) is 0 Å². The highest BCUT2D eigenvalue weighted by Crippen LogP contribution is 2.22. The van der Waals surface area contributed by atoms with Crippen LogP contribution in [0.25, 0.3) is 0 Å². The molecule has 0 radical (unpaired) electrons. The van der Waals surface area contributed by atoms with Crippen LogP contribution in [0, 0.1) is 0 Å². The quantitative estimate of drug-likeness (QED) is 0.231. The number of hydrogen-bond donors (Lipinski definition) is 0. The molecule has 8 heteroatoms. The molecule has 0 aliphatic heterocycles. The summed E-state index contributed by atoms with van der Waals surface area (Å²) in [5, 5.41) is 0. The van der Waals surface area contributed by atoms with Crippen LogP contribution in [-0.4, -0.2) is 62.8 Å². The topological polar surface area (TPSA) is 54.0 Å². The highest BCUT2D eigenvalue weighted by molar-refractivity contribution is 6.70. The van der Waals surface area contributed by atoms with Crippen LogP contribution in [-0.2, 0) is 22.8 Å². The number of unbranched alkanes of at least 4 members (excludes halogenated alkanes) is 1. The maximum atomic E-state index is 11.8. The first kappa shape index (κ1) is 26.2. The van der Waals surface area contributed by atoms with Crippen molar-refractivity contribution in [3.63, 3.8) is 0 Å². The van der Waals surface area contributed by atoms with Crippen molar-refractivity contribution in [2.45, 2.75) is 97.0 Å². The van der Waals surface area contributed by atoms with Gasteiger partial charge in [0.15, 0.2) is 31.2 Å². The van der Waals surface area contributed by atoms with Crippen LogP contribution in [0.1, 0.15) is 19.8 Å². The summed E-state index contributed by atoms with van der Waals surface area (Å²) < 4.78 is 24.9. The standard InChI is InChI=1S/C18H42O5Si3/c1-11-12-13-20-16(14-19)18(23-26(8,9)10)17(22-25(5,6)7)15-21-24(2,3)4/h14,16-18H,11-13,15H2,1-10H3/t16-,17+,18-/m0/s1. The highest BCUT2D eigenvalue weighted by atomic mass is 28.4. The van der Waals surface area contributed by atoms with Crippen molar-refractivity contribution in [1.29, 1.82) is 0 Å². The van der Waals surface area contributed by atoms with E-state index in [2.05, 4.69) is 65.8 Å². The summed E-state index contributed by atoms with van der Waals surface area (Å²) in [6.45, 7) is 22.4. The van der Waals surface area contributed by atoms with E-state index in [-0.39, 0.29) is 6.10 Å². The van der Waals surface area contributed by atoms with Gasteiger partial charge in [0.25, 0.3) is 0 Å². The summed E-state index contributed by atoms with van der Waals surface area (Å²) in [6, 6.07) is 0. The molecule has 3 atom stereocenters. The van der Waals surface area contributed by atoms with Crippen molar-refractivity contribution in [3.8, 4) is 0 Å². The molecule has 0 N–H and O–H groups in total. The zero-order chi connectivity index (χ0) is 20.6. The van der Waals surface area contributed by atoms with Gasteiger partial charge in [0.05, 0.1) is 12.7 Å². The molecule has 0 fully saturated rings. The molecule has 0 unspecified atom stereocenters. The Bertz CT molecular complexity index is 399. The number of carbonyl (C=O) groups excluding carboxylic acids is 1. The number of hydrogen-bond acceptors (Lipinski definition) is 5. The molecule has 0 aromatic carbocycles. The van der Waals surface area contributed by atoms with Gasteiger partial charge in [-0.1, -0.05) is 13.3 Å². The predicted molar refractivity (Wildman–Crippen MR) is 116 cm³/mol. The minimum absolute atomic E-state index is 0.294. The number of aldehydes is 1. The van der Waals surface area contributed by atoms with Crippen molar-refractivity contribution in [1.82, 2.24) is 0 Å². The largest absolute Gasteiger partial charge is 0.415 e. The summed E-state index contributed by atoms with van der Waals surface area (Å²) in [7, 11) is -5.47. The van der Waals surface area contributed by atoms with Gasteiger partial charge in [-0.25, -0.2) is 0 Å². The Kier molecular flexibility index (Phi) is 11.3. The lowest BCUT2D eigenvalue weighted by Crippen LogP contribution is -2.54. The van der Waals surface area contributed by atoms with E-state index in [4.69, 9.17) is 18.0 Å². The van der Waals surface area contributed by atoms with Crippen LogP contribution in [0.15, 0.2) is 0 Å². The summed E-state index contributed by atoms with van der Waals surface area (Å²) >= 11 is 0. The molecule has 0 bridgehead atoms. The van der Waals surface area contributed by atoms with Crippen molar-refractivity contribution < 1.29 is 22.8 Å². The fraction of sp³-hybridized carbons (Fsp3) is 0.944. The number of carbonyl (C=O) groups is 1. The van der Waals surface area contributed by atoms with E-state index in [1.807, 2.05) is 0 Å². The van der Waals surface area contributed by atoms with Gasteiger partial charge in [0.1, 0.15) is 12.2 Å². The van der Waals surface area contributed by atoms with Crippen LogP contribution in [0.2, 0.25) is 58.9 Å². The van der Waals surface area contributed by atoms with E-state index < -0.39 is 37.2 Å². The van der Waals surface area contributed by atoms with Gasteiger partial charge >= 0.3 is 0 Å². The van der Waals surface area contributed by atoms with Gasteiger partial charge in [0.2, 0.25) is 0 Å². The fourth-order valence-electron chi connectivity index (χ4n) is 2.32. The number of rotatable bonds is 14. The van der Waals surface area contributed by atoms with Crippen molar-refractivity contribution in [2.24, 2.45) is 0 Å². The first-order valence-electron chi connectivity index (χ1n) is 9.75. The molecule has 0 heterocycles. The monoisotopic (exact) mass is 422 g/mol. The summed E-state index contributed by atoms with van der Waals surface area (Å²) in [6.07, 6.45) is 1.47. The molecule has 5 nitrogen and oxygen atoms in total. The maximum Gasteiger partial charge on any atom is 0.184 e. The molecule has 0 amide bonds. The SMILES string of the molecule is CCCCO[C@@H](C=O)[C@H](O[Si](C)(C)C)[C@@H](CO[Si](C)(C)C)O[Si](C)(C)C. The molecule has 0 aliphatic rings. The summed E-state index contributed by atoms with van der Waals surface area (Å²) in [5.74, 6) is 0. The van der Waals surface area contributed by atoms with Crippen LogP contribution >= 0.6 is 0 Å². The lowest BCUT2D eigenvalue weighted by atomic mass is 10.1. The Balaban J connectivity index is 5.54. The molecule has 156 valence electrons. The van der Waals surface area contributed by atoms with Crippen molar-refractivity contribution in [2.75, 3.05) is 13.2 Å². The molecule has 26 heavy (non-hydrogen) atoms. The van der Waals surface area contributed by atoms with Gasteiger partial charge < -0.3 is 22.8 Å². The average molecular weight is 423 g/mol. The van der Waals surface area contributed by atoms with Crippen LogP contribution in [0.4, 0.5) is 0 Å². The molecule has 0 spiro atoms. The fourth-order valence-corrected chi connectivity index (χ4v) is 5.20. The average Bonchev–Trinajstić information content (AvgIpc) is 2.43. The second kappa shape index (κ2) is 11.2. The second-order valence-corrected chi connectivity index (χ2v) is 23.1. The van der Waals surface area contributed by atoms with E-state index in [1.54, 1.807) is 0 Å². The summed E-state index contributed by atoms with van der Waals surface area (Å²) in [4.78, 5) is 11.8. The molecule has 0 saturated carbocycles. The Labute approximate surface area is 164 Å². The van der Waals surface area contributed by atoms with Gasteiger partial charge in [-0.2, -0.15) is 0 Å². The summed E-state index contributed by atoms with van der Waals surface area (Å²) in [5.41, 5.74) is 0. The third-order valence-corrected chi connectivity index (χ3v) is 6.33. The van der Waals surface area contributed by atoms with E-state index in [0.717, 1.165) is 19.1 Å². The van der Waals surface area contributed by atoms with E-state index in [9.17, 15) is 4.79 Å². The second-order valence-electron chi connectivity index (χ2n) is 9.71. The smallest absolute Gasteiger partial charge is 0.184 e. The zero-order valence-electron chi connectivity index (χ0n) is 18.7. The molecule has 0 aliphatic carbocycles. The first-order valence-corrected chi connectivity index (χ1v) is 20.0. The molecule has 0 aromatic rings. The molecular formula is C18H42O5Si3. The van der Waals surface area contributed by atoms with Crippen LogP contribution in [0.5, 0.6) is 0 Å². The Morgan fingerprint density at radius 3 is 1.77 bits per heavy atom. The van der Waals surface area contributed by atoms with E-state index in [1.165, 1.54) is 0 Å². The van der Waals surface area contributed by atoms with Crippen LogP contribution < -0.4 is 0 Å². The molecule has 0 rings (SSSR count). The van der Waals surface area contributed by atoms with Crippen molar-refractivity contribution in [3.05, 3.63) is 0 Å². The van der Waals surface area contributed by atoms with Crippen LogP contribution in [0.3, 0.4) is 0 Å². The third-order valence-electron chi connectivity index (χ3n) is 3.31. The minimum Gasteiger partial charge on any atom is -0.415 e. The molecular weight excluding hydrogens is 380 g/mol. The molecule has 0 saturated heterocycles. The van der Waals surface area contributed by atoms with Gasteiger partial charge in [0, 0.05) is 6.61 Å². The van der Waals surface area contributed by atoms with E-state index in [0.29, 0.717) is 13.2 Å². The third kappa shape index (κ3) is 13.3. The minimum atomic E-state index is -1.91. The lowest BCUT2D eigenvalue weighted by molar-refractivity contribution is -0.132. The lowest BCUT2D eigenvalue weighted by Gasteiger charge is -2.39.